The molecule has 0 radical (unpaired) electrons. The van der Waals surface area contributed by atoms with Gasteiger partial charge in [0.2, 0.25) is 0 Å². The van der Waals surface area contributed by atoms with Crippen molar-refractivity contribution in [3.8, 4) is 0 Å². The molecule has 0 saturated carbocycles. The van der Waals surface area contributed by atoms with Gasteiger partial charge in [-0.15, -0.1) is 22.7 Å². The summed E-state index contributed by atoms with van der Waals surface area (Å²) in [7, 11) is 0. The van der Waals surface area contributed by atoms with E-state index in [0.29, 0.717) is 6.04 Å². The number of thiophene rings is 2. The summed E-state index contributed by atoms with van der Waals surface area (Å²) >= 11 is 10.8. The topological polar surface area (TPSA) is 12.0 Å². The molecule has 0 aliphatic carbocycles. The SMILES string of the molecule is CCCNC(c1cc(Br)sc1Br)c1sccc1C. The predicted octanol–water partition coefficient (Wildman–Crippen LogP) is 5.73. The average molecular weight is 409 g/mol. The maximum atomic E-state index is 3.67. The molecule has 18 heavy (non-hydrogen) atoms. The lowest BCUT2D eigenvalue weighted by molar-refractivity contribution is 0.604. The highest BCUT2D eigenvalue weighted by Gasteiger charge is 2.21. The molecule has 98 valence electrons. The zero-order valence-corrected chi connectivity index (χ0v) is 15.1. The molecule has 2 aromatic rings. The van der Waals surface area contributed by atoms with Gasteiger partial charge < -0.3 is 5.32 Å². The van der Waals surface area contributed by atoms with E-state index in [4.69, 9.17) is 0 Å². The fraction of sp³-hybridized carbons (Fsp3) is 0.385. The van der Waals surface area contributed by atoms with Gasteiger partial charge in [-0.2, -0.15) is 0 Å². The Morgan fingerprint density at radius 2 is 2.17 bits per heavy atom. The maximum Gasteiger partial charge on any atom is 0.0762 e. The van der Waals surface area contributed by atoms with Gasteiger partial charge in [0.25, 0.3) is 0 Å². The summed E-state index contributed by atoms with van der Waals surface area (Å²) in [6, 6.07) is 4.69. The van der Waals surface area contributed by atoms with Crippen LogP contribution >= 0.6 is 54.5 Å². The number of halogens is 2. The normalized spacial score (nSPS) is 12.9. The molecule has 0 bridgehead atoms. The molecule has 2 rings (SSSR count). The highest BCUT2D eigenvalue weighted by Crippen LogP contribution is 2.39. The summed E-state index contributed by atoms with van der Waals surface area (Å²) in [4.78, 5) is 1.41. The molecule has 1 nitrogen and oxygen atoms in total. The highest BCUT2D eigenvalue weighted by atomic mass is 79.9. The van der Waals surface area contributed by atoms with Gasteiger partial charge in [0.05, 0.1) is 13.6 Å². The molecule has 0 aliphatic heterocycles. The van der Waals surface area contributed by atoms with Crippen molar-refractivity contribution in [3.63, 3.8) is 0 Å². The number of rotatable bonds is 5. The van der Waals surface area contributed by atoms with Crippen LogP contribution in [0.15, 0.2) is 25.1 Å². The summed E-state index contributed by atoms with van der Waals surface area (Å²) in [6.07, 6.45) is 1.14. The van der Waals surface area contributed by atoms with Crippen molar-refractivity contribution in [3.05, 3.63) is 41.1 Å². The molecule has 1 unspecified atom stereocenters. The van der Waals surface area contributed by atoms with E-state index in [1.807, 2.05) is 11.3 Å². The molecule has 0 saturated heterocycles. The van der Waals surface area contributed by atoms with E-state index in [2.05, 4.69) is 68.5 Å². The molecule has 5 heteroatoms. The van der Waals surface area contributed by atoms with E-state index < -0.39 is 0 Å². The smallest absolute Gasteiger partial charge is 0.0762 e. The minimum absolute atomic E-state index is 0.293. The molecular formula is C13H15Br2NS2. The third-order valence-electron chi connectivity index (χ3n) is 2.76. The molecule has 2 heterocycles. The first-order valence-corrected chi connectivity index (χ1v) is 9.13. The third kappa shape index (κ3) is 3.25. The van der Waals surface area contributed by atoms with Gasteiger partial charge in [-0.25, -0.2) is 0 Å². The van der Waals surface area contributed by atoms with Crippen molar-refractivity contribution in [1.29, 1.82) is 0 Å². The Morgan fingerprint density at radius 1 is 1.39 bits per heavy atom. The standard InChI is InChI=1S/C13H15Br2NS2/c1-3-5-16-11(12-8(2)4-6-17-12)9-7-10(14)18-13(9)15/h4,6-7,11,16H,3,5H2,1-2H3. The van der Waals surface area contributed by atoms with E-state index in [1.165, 1.54) is 23.6 Å². The van der Waals surface area contributed by atoms with Crippen LogP contribution in [0.2, 0.25) is 0 Å². The Bertz CT molecular complexity index is 519. The largest absolute Gasteiger partial charge is 0.306 e. The third-order valence-corrected chi connectivity index (χ3v) is 6.23. The first-order valence-electron chi connectivity index (χ1n) is 5.85. The minimum atomic E-state index is 0.293. The van der Waals surface area contributed by atoms with Crippen LogP contribution in [-0.2, 0) is 0 Å². The Balaban J connectivity index is 2.37. The maximum absolute atomic E-state index is 3.67. The van der Waals surface area contributed by atoms with Crippen LogP contribution in [0, 0.1) is 6.92 Å². The Kier molecular flexibility index (Phi) is 5.45. The molecule has 0 aliphatic rings. The quantitative estimate of drug-likeness (QED) is 0.665. The number of hydrogen-bond acceptors (Lipinski definition) is 3. The van der Waals surface area contributed by atoms with E-state index in [-0.39, 0.29) is 0 Å². The number of nitrogens with one attached hydrogen (secondary N) is 1. The molecule has 2 aromatic heterocycles. The highest BCUT2D eigenvalue weighted by molar-refractivity contribution is 9.12. The molecule has 0 aromatic carbocycles. The lowest BCUT2D eigenvalue weighted by Crippen LogP contribution is -2.22. The van der Waals surface area contributed by atoms with Crippen molar-refractivity contribution in [2.75, 3.05) is 6.54 Å². The van der Waals surface area contributed by atoms with Crippen molar-refractivity contribution < 1.29 is 0 Å². The fourth-order valence-electron chi connectivity index (χ4n) is 1.86. The number of aryl methyl sites for hydroxylation is 1. The Labute approximate surface area is 133 Å². The van der Waals surface area contributed by atoms with E-state index in [9.17, 15) is 0 Å². The molecular weight excluding hydrogens is 394 g/mol. The van der Waals surface area contributed by atoms with Crippen molar-refractivity contribution in [1.82, 2.24) is 5.32 Å². The first kappa shape index (κ1) is 14.7. The second-order valence-corrected chi connectivity index (χ2v) is 8.83. The minimum Gasteiger partial charge on any atom is -0.306 e. The van der Waals surface area contributed by atoms with Gasteiger partial charge >= 0.3 is 0 Å². The van der Waals surface area contributed by atoms with Gasteiger partial charge in [-0.3, -0.25) is 0 Å². The fourth-order valence-corrected chi connectivity index (χ4v) is 5.78. The van der Waals surface area contributed by atoms with Gasteiger partial charge in [0, 0.05) is 10.4 Å². The molecule has 0 amide bonds. The lowest BCUT2D eigenvalue weighted by atomic mass is 10.1. The molecule has 0 fully saturated rings. The van der Waals surface area contributed by atoms with Crippen LogP contribution < -0.4 is 5.32 Å². The number of hydrogen-bond donors (Lipinski definition) is 1. The second kappa shape index (κ2) is 6.66. The summed E-state index contributed by atoms with van der Waals surface area (Å²) in [6.45, 7) is 5.41. The molecule has 1 N–H and O–H groups in total. The summed E-state index contributed by atoms with van der Waals surface area (Å²) < 4.78 is 2.37. The van der Waals surface area contributed by atoms with Gasteiger partial charge in [0.1, 0.15) is 0 Å². The summed E-state index contributed by atoms with van der Waals surface area (Å²) in [5.41, 5.74) is 2.69. The lowest BCUT2D eigenvalue weighted by Gasteiger charge is -2.18. The van der Waals surface area contributed by atoms with Gasteiger partial charge in [-0.1, -0.05) is 6.92 Å². The van der Waals surface area contributed by atoms with Crippen molar-refractivity contribution >= 4 is 54.5 Å². The first-order chi connectivity index (χ1) is 8.63. The van der Waals surface area contributed by atoms with Crippen LogP contribution in [0.25, 0.3) is 0 Å². The van der Waals surface area contributed by atoms with Crippen LogP contribution in [0.4, 0.5) is 0 Å². The van der Waals surface area contributed by atoms with Gasteiger partial charge in [0.15, 0.2) is 0 Å². The monoisotopic (exact) mass is 407 g/mol. The van der Waals surface area contributed by atoms with Crippen molar-refractivity contribution in [2.24, 2.45) is 0 Å². The average Bonchev–Trinajstić information content (AvgIpc) is 2.87. The van der Waals surface area contributed by atoms with E-state index in [1.54, 1.807) is 11.3 Å². The van der Waals surface area contributed by atoms with Gasteiger partial charge in [-0.05, 0) is 74.8 Å². The van der Waals surface area contributed by atoms with Crippen LogP contribution in [-0.4, -0.2) is 6.54 Å². The van der Waals surface area contributed by atoms with Crippen LogP contribution in [0.5, 0.6) is 0 Å². The molecule has 0 spiro atoms. The molecule has 1 atom stereocenters. The van der Waals surface area contributed by atoms with Crippen LogP contribution in [0.3, 0.4) is 0 Å². The van der Waals surface area contributed by atoms with E-state index in [0.717, 1.165) is 13.0 Å². The Hall–Kier alpha value is 0.320. The summed E-state index contributed by atoms with van der Waals surface area (Å²) in [5, 5.41) is 5.82. The summed E-state index contributed by atoms with van der Waals surface area (Å²) in [5.74, 6) is 0. The predicted molar refractivity (Wildman–Crippen MR) is 88.9 cm³/mol. The Morgan fingerprint density at radius 3 is 2.67 bits per heavy atom. The zero-order valence-electron chi connectivity index (χ0n) is 10.3. The van der Waals surface area contributed by atoms with Crippen LogP contribution in [0.1, 0.15) is 35.4 Å². The van der Waals surface area contributed by atoms with Crippen molar-refractivity contribution in [2.45, 2.75) is 26.3 Å². The second-order valence-electron chi connectivity index (χ2n) is 4.13. The zero-order chi connectivity index (χ0) is 13.1. The van der Waals surface area contributed by atoms with E-state index >= 15 is 0 Å².